The van der Waals surface area contributed by atoms with E-state index in [0.717, 1.165) is 23.8 Å². The van der Waals surface area contributed by atoms with Crippen molar-refractivity contribution in [2.75, 3.05) is 10.6 Å². The normalized spacial score (nSPS) is 12.2. The number of aryl methyl sites for hydroxylation is 1. The van der Waals surface area contributed by atoms with Crippen LogP contribution in [0.1, 0.15) is 46.4 Å². The number of hydrogen-bond acceptors (Lipinski definition) is 3. The summed E-state index contributed by atoms with van der Waals surface area (Å²) in [5.41, 5.74) is 4.01. The molecule has 0 aliphatic carbocycles. The van der Waals surface area contributed by atoms with Gasteiger partial charge in [-0.1, -0.05) is 66.6 Å². The summed E-state index contributed by atoms with van der Waals surface area (Å²) in [6.45, 7) is 4.20. The molecule has 0 aliphatic rings. The van der Waals surface area contributed by atoms with E-state index >= 15 is 0 Å². The molecule has 0 heterocycles. The minimum absolute atomic E-state index is 0.0775. The molecule has 3 aromatic carbocycles. The lowest BCUT2D eigenvalue weighted by atomic mass is 10.0. The highest BCUT2D eigenvalue weighted by Gasteiger charge is 2.19. The van der Waals surface area contributed by atoms with E-state index in [1.807, 2.05) is 38.1 Å². The van der Waals surface area contributed by atoms with E-state index < -0.39 is 10.0 Å². The fourth-order valence-corrected chi connectivity index (χ4v) is 4.48. The molecule has 168 valence electrons. The Morgan fingerprint density at radius 3 is 2.25 bits per heavy atom. The zero-order chi connectivity index (χ0) is 23.3. The summed E-state index contributed by atoms with van der Waals surface area (Å²) in [4.78, 5) is 12.8. The molecule has 1 amide bonds. The number of carbonyl (C=O) groups excluding carboxylic acids is 1. The minimum atomic E-state index is -3.52. The topological polar surface area (TPSA) is 66.5 Å². The van der Waals surface area contributed by atoms with Crippen molar-refractivity contribution in [2.45, 2.75) is 32.9 Å². The zero-order valence-corrected chi connectivity index (χ0v) is 20.0. The first-order chi connectivity index (χ1) is 15.2. The van der Waals surface area contributed by atoms with E-state index in [-0.39, 0.29) is 18.5 Å². The molecule has 0 saturated heterocycles. The predicted molar refractivity (Wildman–Crippen MR) is 131 cm³/mol. The summed E-state index contributed by atoms with van der Waals surface area (Å²) in [5.74, 6) is -0.168. The van der Waals surface area contributed by atoms with Gasteiger partial charge in [-0.2, -0.15) is 0 Å². The number of nitrogens with zero attached hydrogens (tertiary/aromatic N) is 1. The van der Waals surface area contributed by atoms with Gasteiger partial charge >= 0.3 is 0 Å². The van der Waals surface area contributed by atoms with Gasteiger partial charge in [-0.3, -0.25) is 9.10 Å². The van der Waals surface area contributed by atoms with Crippen molar-refractivity contribution < 1.29 is 13.2 Å². The van der Waals surface area contributed by atoms with Crippen LogP contribution < -0.4 is 9.62 Å². The average molecular weight is 471 g/mol. The Bertz CT molecular complexity index is 1180. The van der Waals surface area contributed by atoms with E-state index in [0.29, 0.717) is 16.3 Å². The van der Waals surface area contributed by atoms with Gasteiger partial charge in [0.1, 0.15) is 0 Å². The molecule has 0 bridgehead atoms. The molecule has 32 heavy (non-hydrogen) atoms. The van der Waals surface area contributed by atoms with Crippen molar-refractivity contribution in [2.24, 2.45) is 0 Å². The third kappa shape index (κ3) is 6.11. The first-order valence-corrected chi connectivity index (χ1v) is 12.6. The average Bonchev–Trinajstić information content (AvgIpc) is 2.76. The maximum absolute atomic E-state index is 12.8. The first kappa shape index (κ1) is 23.8. The molecule has 0 aromatic heterocycles. The van der Waals surface area contributed by atoms with Gasteiger partial charge in [-0.15, -0.1) is 0 Å². The van der Waals surface area contributed by atoms with Gasteiger partial charge < -0.3 is 5.32 Å². The molecule has 1 atom stereocenters. The largest absolute Gasteiger partial charge is 0.345 e. The molecule has 3 aromatic rings. The smallest absolute Gasteiger partial charge is 0.251 e. The maximum Gasteiger partial charge on any atom is 0.251 e. The van der Waals surface area contributed by atoms with E-state index in [1.165, 1.54) is 9.87 Å². The number of carbonyl (C=O) groups is 1. The molecular formula is C25H27ClN2O3S. The van der Waals surface area contributed by atoms with Gasteiger partial charge in [-0.25, -0.2) is 8.42 Å². The summed E-state index contributed by atoms with van der Waals surface area (Å²) >= 11 is 6.04. The molecule has 5 nitrogen and oxygen atoms in total. The van der Waals surface area contributed by atoms with E-state index in [9.17, 15) is 13.2 Å². The quantitative estimate of drug-likeness (QED) is 0.473. The van der Waals surface area contributed by atoms with Crippen LogP contribution in [0.3, 0.4) is 0 Å². The van der Waals surface area contributed by atoms with Gasteiger partial charge in [0.25, 0.3) is 5.91 Å². The van der Waals surface area contributed by atoms with Crippen molar-refractivity contribution in [1.82, 2.24) is 5.32 Å². The Labute approximate surface area is 195 Å². The number of hydrogen-bond donors (Lipinski definition) is 1. The molecule has 0 fully saturated rings. The van der Waals surface area contributed by atoms with Crippen LogP contribution in [0.15, 0.2) is 72.8 Å². The molecule has 1 N–H and O–H groups in total. The zero-order valence-electron chi connectivity index (χ0n) is 18.4. The van der Waals surface area contributed by atoms with Gasteiger partial charge in [0.05, 0.1) is 24.5 Å². The number of benzene rings is 3. The Balaban J connectivity index is 1.74. The fourth-order valence-electron chi connectivity index (χ4n) is 3.42. The molecule has 0 spiro atoms. The lowest BCUT2D eigenvalue weighted by Crippen LogP contribution is -2.29. The van der Waals surface area contributed by atoms with E-state index in [2.05, 4.69) is 5.32 Å². The van der Waals surface area contributed by atoms with Gasteiger partial charge in [0.2, 0.25) is 10.0 Å². The Kier molecular flexibility index (Phi) is 7.59. The van der Waals surface area contributed by atoms with Crippen LogP contribution in [-0.4, -0.2) is 20.6 Å². The first-order valence-electron chi connectivity index (χ1n) is 10.4. The van der Waals surface area contributed by atoms with Crippen molar-refractivity contribution in [1.29, 1.82) is 0 Å². The van der Waals surface area contributed by atoms with Crippen LogP contribution in [0.4, 0.5) is 5.69 Å². The van der Waals surface area contributed by atoms with Gasteiger partial charge in [0.15, 0.2) is 0 Å². The SMILES string of the molecule is CC[C@H](NC(=O)c1ccc(CN(c2cccc(Cl)c2)S(C)(=O)=O)cc1)c1ccc(C)cc1. The third-order valence-corrected chi connectivity index (χ3v) is 6.61. The monoisotopic (exact) mass is 470 g/mol. The second-order valence-corrected chi connectivity index (χ2v) is 10.1. The second-order valence-electron chi connectivity index (χ2n) is 7.79. The molecule has 0 aliphatic heterocycles. The van der Waals surface area contributed by atoms with Crippen LogP contribution in [-0.2, 0) is 16.6 Å². The summed E-state index contributed by atoms with van der Waals surface area (Å²) in [6.07, 6.45) is 1.93. The fraction of sp³-hybridized carbons (Fsp3) is 0.240. The lowest BCUT2D eigenvalue weighted by Gasteiger charge is -2.23. The van der Waals surface area contributed by atoms with Crippen LogP contribution in [0.5, 0.6) is 0 Å². The van der Waals surface area contributed by atoms with Crippen molar-refractivity contribution in [3.05, 3.63) is 100 Å². The number of amides is 1. The Morgan fingerprint density at radius 1 is 1.03 bits per heavy atom. The summed E-state index contributed by atoms with van der Waals surface area (Å²) in [6, 6.07) is 21.7. The second kappa shape index (κ2) is 10.2. The highest BCUT2D eigenvalue weighted by Crippen LogP contribution is 2.24. The number of anilines is 1. The lowest BCUT2D eigenvalue weighted by molar-refractivity contribution is 0.0935. The molecule has 3 rings (SSSR count). The summed E-state index contributed by atoms with van der Waals surface area (Å²) in [7, 11) is -3.52. The van der Waals surface area contributed by atoms with Crippen LogP contribution in [0, 0.1) is 6.92 Å². The van der Waals surface area contributed by atoms with Crippen LogP contribution >= 0.6 is 11.6 Å². The van der Waals surface area contributed by atoms with Gasteiger partial charge in [-0.05, 0) is 54.8 Å². The van der Waals surface area contributed by atoms with Gasteiger partial charge in [0, 0.05) is 10.6 Å². The third-order valence-electron chi connectivity index (χ3n) is 5.23. The van der Waals surface area contributed by atoms with Crippen LogP contribution in [0.25, 0.3) is 0 Å². The van der Waals surface area contributed by atoms with E-state index in [1.54, 1.807) is 48.5 Å². The number of halogens is 1. The predicted octanol–water partition coefficient (Wildman–Crippen LogP) is 5.50. The minimum Gasteiger partial charge on any atom is -0.345 e. The number of sulfonamides is 1. The van der Waals surface area contributed by atoms with Crippen molar-refractivity contribution >= 4 is 33.2 Å². The Morgan fingerprint density at radius 2 is 1.69 bits per heavy atom. The molecule has 0 unspecified atom stereocenters. The van der Waals surface area contributed by atoms with Crippen molar-refractivity contribution in [3.8, 4) is 0 Å². The standard InChI is InChI=1S/C25H27ClN2O3S/c1-4-24(20-12-8-18(2)9-13-20)27-25(29)21-14-10-19(11-15-21)17-28(32(3,30)31)23-7-5-6-22(26)16-23/h5-16,24H,4,17H2,1-3H3,(H,27,29)/t24-/m0/s1. The van der Waals surface area contributed by atoms with Crippen molar-refractivity contribution in [3.63, 3.8) is 0 Å². The highest BCUT2D eigenvalue weighted by molar-refractivity contribution is 7.92. The number of rotatable bonds is 8. The maximum atomic E-state index is 12.8. The number of nitrogens with one attached hydrogen (secondary N) is 1. The molecule has 7 heteroatoms. The summed E-state index contributed by atoms with van der Waals surface area (Å²) < 4.78 is 26.0. The highest BCUT2D eigenvalue weighted by atomic mass is 35.5. The molecular weight excluding hydrogens is 444 g/mol. The van der Waals surface area contributed by atoms with E-state index in [4.69, 9.17) is 11.6 Å². The molecule has 0 saturated carbocycles. The summed E-state index contributed by atoms with van der Waals surface area (Å²) in [5, 5.41) is 3.54. The molecule has 0 radical (unpaired) electrons. The van der Waals surface area contributed by atoms with Crippen LogP contribution in [0.2, 0.25) is 5.02 Å². The Hall–Kier alpha value is -2.83.